The summed E-state index contributed by atoms with van der Waals surface area (Å²) in [4.78, 5) is 12.8. The molecule has 0 aliphatic carbocycles. The van der Waals surface area contributed by atoms with Gasteiger partial charge in [0, 0.05) is 11.8 Å². The number of allylic oxidation sites excluding steroid dienone is 3. The summed E-state index contributed by atoms with van der Waals surface area (Å²) in [5.74, 6) is -0.503. The predicted molar refractivity (Wildman–Crippen MR) is 115 cm³/mol. The first-order valence-electron chi connectivity index (χ1n) is 10.0. The van der Waals surface area contributed by atoms with Crippen molar-refractivity contribution in [3.8, 4) is 0 Å². The number of nitrogens with zero attached hydrogens (tertiary/aromatic N) is 2. The summed E-state index contributed by atoms with van der Waals surface area (Å²) in [6.45, 7) is 1.66. The van der Waals surface area contributed by atoms with E-state index in [1.807, 2.05) is 0 Å². The number of hydrogen-bond acceptors (Lipinski definition) is 3. The smallest absolute Gasteiger partial charge is 0.360 e. The van der Waals surface area contributed by atoms with Crippen LogP contribution in [-0.4, -0.2) is 22.8 Å². The van der Waals surface area contributed by atoms with E-state index >= 15 is 0 Å². The van der Waals surface area contributed by atoms with Crippen LogP contribution in [0.1, 0.15) is 29.2 Å². The highest BCUT2D eigenvalue weighted by atomic mass is 19.4. The molecule has 0 aromatic heterocycles. The lowest BCUT2D eigenvalue weighted by Gasteiger charge is -2.33. The molecule has 1 N–H and O–H groups in total. The summed E-state index contributed by atoms with van der Waals surface area (Å²) in [6.07, 6.45) is -3.65. The number of fused-ring (bicyclic) bond motifs is 1. The number of nitrogens with one attached hydrogen (secondary N) is 1. The van der Waals surface area contributed by atoms with Gasteiger partial charge in [0.05, 0.1) is 16.8 Å². The lowest BCUT2D eigenvalue weighted by Crippen LogP contribution is -2.47. The molecule has 2 aromatic carbocycles. The van der Waals surface area contributed by atoms with E-state index in [1.165, 1.54) is 30.3 Å². The lowest BCUT2D eigenvalue weighted by molar-refractivity contribution is -0.138. The second-order valence-corrected chi connectivity index (χ2v) is 7.68. The first-order valence-corrected chi connectivity index (χ1v) is 10.0. The maximum absolute atomic E-state index is 12.9. The van der Waals surface area contributed by atoms with Crippen LogP contribution >= 0.6 is 0 Å². The fourth-order valence-corrected chi connectivity index (χ4v) is 3.50. The van der Waals surface area contributed by atoms with E-state index in [9.17, 15) is 31.1 Å². The molecule has 0 saturated carbocycles. The Balaban J connectivity index is 1.69. The molecular formula is C24H17F6N3O. The second-order valence-electron chi connectivity index (χ2n) is 7.68. The van der Waals surface area contributed by atoms with Gasteiger partial charge in [0.1, 0.15) is 6.17 Å². The van der Waals surface area contributed by atoms with Crippen LogP contribution in [0.2, 0.25) is 0 Å². The van der Waals surface area contributed by atoms with E-state index in [2.05, 4.69) is 10.4 Å². The largest absolute Gasteiger partial charge is 0.416 e. The van der Waals surface area contributed by atoms with Gasteiger partial charge in [0.15, 0.2) is 0 Å². The number of carbonyl (C=O) groups is 1. The van der Waals surface area contributed by atoms with Gasteiger partial charge in [0.2, 0.25) is 0 Å². The van der Waals surface area contributed by atoms with Crippen molar-refractivity contribution in [2.45, 2.75) is 25.4 Å². The van der Waals surface area contributed by atoms with Crippen LogP contribution in [0.15, 0.2) is 77.9 Å². The molecule has 1 amide bonds. The lowest BCUT2D eigenvalue weighted by atomic mass is 10.0. The summed E-state index contributed by atoms with van der Waals surface area (Å²) < 4.78 is 77.4. The molecule has 4 rings (SSSR count). The summed E-state index contributed by atoms with van der Waals surface area (Å²) in [7, 11) is 0. The maximum Gasteiger partial charge on any atom is 0.416 e. The normalized spacial score (nSPS) is 18.8. The highest BCUT2D eigenvalue weighted by Gasteiger charge is 2.32. The van der Waals surface area contributed by atoms with E-state index in [1.54, 1.807) is 25.2 Å². The van der Waals surface area contributed by atoms with Gasteiger partial charge < -0.3 is 5.32 Å². The summed E-state index contributed by atoms with van der Waals surface area (Å²) in [6, 6.07) is 8.93. The Hall–Kier alpha value is -3.82. The highest BCUT2D eigenvalue weighted by Crippen LogP contribution is 2.32. The highest BCUT2D eigenvalue weighted by molar-refractivity contribution is 6.01. The minimum atomic E-state index is -4.49. The van der Waals surface area contributed by atoms with Gasteiger partial charge in [-0.2, -0.15) is 31.4 Å². The van der Waals surface area contributed by atoms with Crippen molar-refractivity contribution in [1.82, 2.24) is 10.3 Å². The molecule has 0 fully saturated rings. The van der Waals surface area contributed by atoms with Gasteiger partial charge in [-0.1, -0.05) is 30.3 Å². The van der Waals surface area contributed by atoms with E-state index in [0.29, 0.717) is 28.1 Å². The SMILES string of the molecule is CC1=NN2C(=O)C=C(c3ccc(C(F)(F)F)cc3)NC2C=C(c2ccc(C(F)(F)F)cc2)C=C1. The fraction of sp³-hybridized carbons (Fsp3) is 0.167. The summed E-state index contributed by atoms with van der Waals surface area (Å²) in [5, 5.41) is 8.49. The summed E-state index contributed by atoms with van der Waals surface area (Å²) >= 11 is 0. The second kappa shape index (κ2) is 8.51. The van der Waals surface area contributed by atoms with E-state index in [-0.39, 0.29) is 0 Å². The van der Waals surface area contributed by atoms with Crippen molar-refractivity contribution in [1.29, 1.82) is 0 Å². The van der Waals surface area contributed by atoms with Gasteiger partial charge in [-0.15, -0.1) is 0 Å². The zero-order valence-electron chi connectivity index (χ0n) is 17.6. The number of hydrogen-bond donors (Lipinski definition) is 1. The van der Waals surface area contributed by atoms with Crippen LogP contribution in [0.3, 0.4) is 0 Å². The standard InChI is InChI=1S/C24H17F6N3O/c1-14-2-3-17(15-4-8-18(9-5-15)23(25,26)27)12-21-31-20(13-22(34)33(21)32-14)16-6-10-19(11-7-16)24(28,29)30/h2-13,21,31H,1H3. The topological polar surface area (TPSA) is 44.7 Å². The van der Waals surface area contributed by atoms with Gasteiger partial charge >= 0.3 is 12.4 Å². The van der Waals surface area contributed by atoms with Crippen molar-refractivity contribution in [3.63, 3.8) is 0 Å². The fourth-order valence-electron chi connectivity index (χ4n) is 3.50. The molecule has 1 atom stereocenters. The van der Waals surface area contributed by atoms with Crippen molar-refractivity contribution in [2.75, 3.05) is 0 Å². The van der Waals surface area contributed by atoms with E-state index in [4.69, 9.17) is 0 Å². The van der Waals surface area contributed by atoms with Crippen LogP contribution in [0.4, 0.5) is 26.3 Å². The van der Waals surface area contributed by atoms with Crippen molar-refractivity contribution in [3.05, 3.63) is 95.1 Å². The van der Waals surface area contributed by atoms with Gasteiger partial charge in [0.25, 0.3) is 5.91 Å². The number of alkyl halides is 6. The zero-order chi connectivity index (χ0) is 24.7. The third-order valence-electron chi connectivity index (χ3n) is 5.24. The minimum Gasteiger partial charge on any atom is -0.360 e. The number of amides is 1. The number of halogens is 6. The first-order chi connectivity index (χ1) is 15.9. The molecule has 0 saturated heterocycles. The van der Waals surface area contributed by atoms with Crippen LogP contribution in [-0.2, 0) is 17.1 Å². The molecule has 0 spiro atoms. The average Bonchev–Trinajstić information content (AvgIpc) is 2.76. The molecule has 2 aliphatic heterocycles. The zero-order valence-corrected chi connectivity index (χ0v) is 17.6. The Morgan fingerprint density at radius 2 is 1.35 bits per heavy atom. The Kier molecular flexibility index (Phi) is 5.84. The van der Waals surface area contributed by atoms with Crippen molar-refractivity contribution in [2.24, 2.45) is 5.10 Å². The van der Waals surface area contributed by atoms with Crippen molar-refractivity contribution >= 4 is 22.9 Å². The van der Waals surface area contributed by atoms with Gasteiger partial charge in [-0.05, 0) is 60.0 Å². The van der Waals surface area contributed by atoms with E-state index < -0.39 is 35.6 Å². The van der Waals surface area contributed by atoms with Gasteiger partial charge in [-0.25, -0.2) is 5.01 Å². The molecular weight excluding hydrogens is 460 g/mol. The number of carbonyl (C=O) groups excluding carboxylic acids is 1. The molecule has 2 aromatic rings. The number of benzene rings is 2. The number of rotatable bonds is 2. The van der Waals surface area contributed by atoms with Gasteiger partial charge in [-0.3, -0.25) is 4.79 Å². The molecule has 2 heterocycles. The molecule has 4 nitrogen and oxygen atoms in total. The predicted octanol–water partition coefficient (Wildman–Crippen LogP) is 5.85. The molecule has 176 valence electrons. The Morgan fingerprint density at radius 3 is 1.88 bits per heavy atom. The molecule has 10 heteroatoms. The number of hydrazone groups is 1. The third kappa shape index (κ3) is 4.90. The molecule has 2 aliphatic rings. The molecule has 0 bridgehead atoms. The summed E-state index contributed by atoms with van der Waals surface area (Å²) in [5.41, 5.74) is 0.546. The Morgan fingerprint density at radius 1 is 0.824 bits per heavy atom. The third-order valence-corrected chi connectivity index (χ3v) is 5.24. The molecule has 0 radical (unpaired) electrons. The van der Waals surface area contributed by atoms with Crippen molar-refractivity contribution < 1.29 is 31.1 Å². The minimum absolute atomic E-state index is 0.292. The van der Waals surface area contributed by atoms with E-state index in [0.717, 1.165) is 29.3 Å². The monoisotopic (exact) mass is 477 g/mol. The van der Waals surface area contributed by atoms with Crippen LogP contribution in [0.5, 0.6) is 0 Å². The first kappa shape index (κ1) is 23.3. The van der Waals surface area contributed by atoms with Crippen LogP contribution in [0.25, 0.3) is 11.3 Å². The average molecular weight is 477 g/mol. The Bertz CT molecular complexity index is 1220. The molecule has 34 heavy (non-hydrogen) atoms. The Labute approximate surface area is 190 Å². The van der Waals surface area contributed by atoms with Crippen LogP contribution < -0.4 is 5.32 Å². The maximum atomic E-state index is 12.9. The van der Waals surface area contributed by atoms with Crippen LogP contribution in [0, 0.1) is 0 Å². The quantitative estimate of drug-likeness (QED) is 0.552. The molecule has 1 unspecified atom stereocenters.